The second-order valence-corrected chi connectivity index (χ2v) is 5.97. The summed E-state index contributed by atoms with van der Waals surface area (Å²) in [4.78, 5) is 16.3. The van der Waals surface area contributed by atoms with Crippen molar-refractivity contribution in [1.29, 1.82) is 0 Å². The number of aliphatic imine (C=N–C) groups is 1. The van der Waals surface area contributed by atoms with Gasteiger partial charge >= 0.3 is 135 Å². The first kappa shape index (κ1) is 18.6. The summed E-state index contributed by atoms with van der Waals surface area (Å²) in [6, 6.07) is 9.09. The van der Waals surface area contributed by atoms with Crippen LogP contribution in [0.25, 0.3) is 0 Å². The van der Waals surface area contributed by atoms with Crippen LogP contribution < -0.4 is 0 Å². The van der Waals surface area contributed by atoms with E-state index in [1.54, 1.807) is 0 Å². The van der Waals surface area contributed by atoms with E-state index in [9.17, 15) is 19.7 Å². The van der Waals surface area contributed by atoms with E-state index in [1.807, 2.05) is 37.3 Å². The number of aliphatic hydroxyl groups is 1. The van der Waals surface area contributed by atoms with Crippen molar-refractivity contribution in [3.63, 3.8) is 0 Å². The third-order valence-electron chi connectivity index (χ3n) is 3.27. The first-order valence-electron chi connectivity index (χ1n) is 7.14. The molecule has 0 aliphatic heterocycles. The first-order chi connectivity index (χ1) is 10.6. The fourth-order valence-corrected chi connectivity index (χ4v) is 3.05. The minimum atomic E-state index is -0.934. The molecule has 22 heavy (non-hydrogen) atoms. The molecule has 0 fully saturated rings. The van der Waals surface area contributed by atoms with Gasteiger partial charge in [-0.25, -0.2) is 0 Å². The van der Waals surface area contributed by atoms with Crippen molar-refractivity contribution in [2.75, 3.05) is 5.75 Å². The van der Waals surface area contributed by atoms with Crippen molar-refractivity contribution in [2.24, 2.45) is 10.9 Å². The number of carboxylic acid groups (broad SMARTS) is 1. The molecular weight excluding hydrogens is 301 g/mol. The zero-order valence-corrected chi connectivity index (χ0v) is 13.3. The van der Waals surface area contributed by atoms with Crippen molar-refractivity contribution in [3.05, 3.63) is 30.3 Å². The van der Waals surface area contributed by atoms with Gasteiger partial charge < -0.3 is 0 Å². The summed E-state index contributed by atoms with van der Waals surface area (Å²) < 4.78 is 10.3. The number of hydrogen-bond donors (Lipinski definition) is 2. The van der Waals surface area contributed by atoms with Crippen LogP contribution in [0.3, 0.4) is 0 Å². The summed E-state index contributed by atoms with van der Waals surface area (Å²) >= 11 is 1.45. The molecule has 0 aliphatic carbocycles. The molecular formula is C15H20BNO4S. The van der Waals surface area contributed by atoms with Gasteiger partial charge in [-0.15, -0.1) is 0 Å². The van der Waals surface area contributed by atoms with Crippen molar-refractivity contribution >= 4 is 31.0 Å². The second-order valence-electron chi connectivity index (χ2n) is 4.87. The molecule has 2 N–H and O–H groups in total. The van der Waals surface area contributed by atoms with Gasteiger partial charge in [0, 0.05) is 0 Å². The Morgan fingerprint density at radius 2 is 2.09 bits per heavy atom. The fraction of sp³-hybridized carbons (Fsp3) is 0.467. The molecule has 3 atom stereocenters. The summed E-state index contributed by atoms with van der Waals surface area (Å²) in [5, 5.41) is 19.5. The molecule has 1 aromatic carbocycles. The Morgan fingerprint density at radius 1 is 1.41 bits per heavy atom. The topological polar surface area (TPSA) is 87.0 Å². The summed E-state index contributed by atoms with van der Waals surface area (Å²) in [7, 11) is 0.551. The van der Waals surface area contributed by atoms with E-state index in [1.165, 1.54) is 11.8 Å². The van der Waals surface area contributed by atoms with Crippen molar-refractivity contribution < 1.29 is 19.7 Å². The molecule has 0 amide bonds. The van der Waals surface area contributed by atoms with Crippen LogP contribution >= 0.6 is 11.8 Å². The van der Waals surface area contributed by atoms with Crippen LogP contribution in [-0.2, 0) is 9.50 Å². The molecule has 0 spiro atoms. The van der Waals surface area contributed by atoms with Gasteiger partial charge in [0.25, 0.3) is 0 Å². The summed E-state index contributed by atoms with van der Waals surface area (Å²) in [6.07, 6.45) is 0.887. The standard InChI is InChI=1S/C15H20BNO4S/c1-2-13(17-10-16-21)14(18)8-11(15(19)20)9-22-12-6-4-3-5-7-12/h3-7,10-11,13-14,18H,2,8-9H2,1H3,(H,19,20)/t11-,13?,14-/m0/s1. The number of aliphatic hydroxyl groups excluding tert-OH is 1. The van der Waals surface area contributed by atoms with E-state index in [0.717, 1.165) is 11.0 Å². The van der Waals surface area contributed by atoms with Crippen LogP contribution in [0.2, 0.25) is 0 Å². The summed E-state index contributed by atoms with van der Waals surface area (Å²) in [5.74, 6) is -1.22. The Bertz CT molecular complexity index is 498. The first-order valence-corrected chi connectivity index (χ1v) is 8.12. The van der Waals surface area contributed by atoms with Crippen molar-refractivity contribution in [2.45, 2.75) is 36.8 Å². The summed E-state index contributed by atoms with van der Waals surface area (Å²) in [5.41, 5.74) is 0. The maximum atomic E-state index is 11.4. The van der Waals surface area contributed by atoms with Gasteiger partial charge in [0.05, 0.1) is 0 Å². The molecule has 5 nitrogen and oxygen atoms in total. The number of benzene rings is 1. The minimum absolute atomic E-state index is 0.115. The molecule has 0 aromatic heterocycles. The van der Waals surface area contributed by atoms with Gasteiger partial charge in [-0.05, 0) is 0 Å². The van der Waals surface area contributed by atoms with E-state index in [-0.39, 0.29) is 6.42 Å². The molecule has 0 saturated heterocycles. The second kappa shape index (κ2) is 10.3. The van der Waals surface area contributed by atoms with Crippen LogP contribution in [0, 0.1) is 5.92 Å². The van der Waals surface area contributed by atoms with Gasteiger partial charge in [-0.1, -0.05) is 0 Å². The number of nitrogens with zero attached hydrogens (tertiary/aromatic N) is 1. The molecule has 0 bridgehead atoms. The van der Waals surface area contributed by atoms with Gasteiger partial charge in [-0.3, -0.25) is 0 Å². The Kier molecular flexibility index (Phi) is 8.69. The van der Waals surface area contributed by atoms with Crippen molar-refractivity contribution in [1.82, 2.24) is 0 Å². The molecule has 1 unspecified atom stereocenters. The van der Waals surface area contributed by atoms with E-state index in [0.29, 0.717) is 19.3 Å². The number of thioether (sulfide) groups is 1. The average molecular weight is 321 g/mol. The predicted octanol–water partition coefficient (Wildman–Crippen LogP) is 2.09. The number of aliphatic carboxylic acids is 1. The van der Waals surface area contributed by atoms with Crippen LogP contribution in [0.5, 0.6) is 0 Å². The van der Waals surface area contributed by atoms with E-state index in [4.69, 9.17) is 0 Å². The zero-order valence-electron chi connectivity index (χ0n) is 12.5. The SMILES string of the molecule is CCC(N=CB=O)[C@@H](O)C[C@@H](CSc1ccccc1)C(=O)O. The molecule has 0 aliphatic rings. The Balaban J connectivity index is 2.61. The average Bonchev–Trinajstić information content (AvgIpc) is 2.52. The summed E-state index contributed by atoms with van der Waals surface area (Å²) in [6.45, 7) is 1.84. The fourth-order valence-electron chi connectivity index (χ4n) is 2.02. The third kappa shape index (κ3) is 6.53. The quantitative estimate of drug-likeness (QED) is 0.391. The third-order valence-corrected chi connectivity index (χ3v) is 4.45. The van der Waals surface area contributed by atoms with Gasteiger partial charge in [0.1, 0.15) is 0 Å². The van der Waals surface area contributed by atoms with E-state index in [2.05, 4.69) is 4.99 Å². The molecule has 7 heteroatoms. The number of carbonyl (C=O) groups is 1. The van der Waals surface area contributed by atoms with E-state index >= 15 is 0 Å². The number of carboxylic acids is 1. The molecule has 1 aromatic rings. The molecule has 0 radical (unpaired) electrons. The van der Waals surface area contributed by atoms with Crippen molar-refractivity contribution in [3.8, 4) is 0 Å². The monoisotopic (exact) mass is 321 g/mol. The van der Waals surface area contributed by atoms with Crippen LogP contribution in [0.4, 0.5) is 0 Å². The van der Waals surface area contributed by atoms with Crippen LogP contribution in [-0.4, -0.2) is 47.3 Å². The van der Waals surface area contributed by atoms with Crippen LogP contribution in [0.15, 0.2) is 40.2 Å². The predicted molar refractivity (Wildman–Crippen MR) is 87.9 cm³/mol. The van der Waals surface area contributed by atoms with E-state index < -0.39 is 24.0 Å². The van der Waals surface area contributed by atoms with Crippen LogP contribution in [0.1, 0.15) is 19.8 Å². The number of rotatable bonds is 10. The normalized spacial score (nSPS) is 15.2. The number of hydrogen-bond acceptors (Lipinski definition) is 5. The molecule has 0 heterocycles. The Morgan fingerprint density at radius 3 is 2.64 bits per heavy atom. The zero-order chi connectivity index (χ0) is 16.4. The molecule has 0 saturated carbocycles. The Labute approximate surface area is 135 Å². The Hall–Kier alpha value is -1.47. The molecule has 118 valence electrons. The molecule has 1 rings (SSSR count). The van der Waals surface area contributed by atoms with Gasteiger partial charge in [0.15, 0.2) is 0 Å². The van der Waals surface area contributed by atoms with Gasteiger partial charge in [-0.2, -0.15) is 0 Å². The van der Waals surface area contributed by atoms with Gasteiger partial charge in [0.2, 0.25) is 0 Å². The maximum absolute atomic E-state index is 11.4.